The van der Waals surface area contributed by atoms with Crippen molar-refractivity contribution in [1.82, 2.24) is 0 Å². The molecule has 0 radical (unpaired) electrons. The fourth-order valence-corrected chi connectivity index (χ4v) is 2.02. The molecule has 0 bridgehead atoms. The Morgan fingerprint density at radius 3 is 2.86 bits per heavy atom. The van der Waals surface area contributed by atoms with Crippen molar-refractivity contribution in [3.8, 4) is 5.75 Å². The van der Waals surface area contributed by atoms with Crippen molar-refractivity contribution >= 4 is 23.2 Å². The predicted octanol–water partition coefficient (Wildman–Crippen LogP) is 1.75. The minimum atomic E-state index is -0.769. The zero-order valence-electron chi connectivity index (χ0n) is 7.21. The highest BCUT2D eigenvalue weighted by Crippen LogP contribution is 2.39. The van der Waals surface area contributed by atoms with Crippen LogP contribution in [-0.2, 0) is 0 Å². The van der Waals surface area contributed by atoms with E-state index in [9.17, 15) is 5.11 Å². The molecule has 0 saturated heterocycles. The molecular formula is C9H9Cl2NO2. The quantitative estimate of drug-likeness (QED) is 0.718. The summed E-state index contributed by atoms with van der Waals surface area (Å²) in [4.78, 5) is 0. The number of fused-ring (bicyclic) bond motifs is 1. The molecule has 1 heterocycles. The average Bonchev–Trinajstić information content (AvgIpc) is 2.12. The van der Waals surface area contributed by atoms with E-state index < -0.39 is 12.1 Å². The lowest BCUT2D eigenvalue weighted by atomic mass is 10.00. The van der Waals surface area contributed by atoms with Crippen LogP contribution in [0.3, 0.4) is 0 Å². The maximum Gasteiger partial charge on any atom is 0.143 e. The van der Waals surface area contributed by atoms with Gasteiger partial charge in [-0.3, -0.25) is 0 Å². The smallest absolute Gasteiger partial charge is 0.143 e. The molecule has 0 unspecified atom stereocenters. The molecule has 0 aliphatic carbocycles. The van der Waals surface area contributed by atoms with Gasteiger partial charge in [0.15, 0.2) is 0 Å². The molecule has 1 aromatic rings. The minimum absolute atomic E-state index is 0.259. The van der Waals surface area contributed by atoms with Gasteiger partial charge in [-0.2, -0.15) is 0 Å². The molecule has 76 valence electrons. The van der Waals surface area contributed by atoms with Gasteiger partial charge < -0.3 is 15.6 Å². The molecule has 0 aromatic heterocycles. The van der Waals surface area contributed by atoms with Gasteiger partial charge in [-0.1, -0.05) is 23.2 Å². The SMILES string of the molecule is N[C@@H]1COc2c(Cl)cc(Cl)cc2[C@H]1O. The van der Waals surface area contributed by atoms with E-state index in [0.717, 1.165) is 0 Å². The lowest BCUT2D eigenvalue weighted by molar-refractivity contribution is 0.0916. The van der Waals surface area contributed by atoms with E-state index in [1.54, 1.807) is 12.1 Å². The van der Waals surface area contributed by atoms with E-state index >= 15 is 0 Å². The van der Waals surface area contributed by atoms with Gasteiger partial charge in [0.1, 0.15) is 18.5 Å². The lowest BCUT2D eigenvalue weighted by Gasteiger charge is -2.28. The van der Waals surface area contributed by atoms with Crippen molar-refractivity contribution in [2.24, 2.45) is 5.73 Å². The molecule has 5 heteroatoms. The van der Waals surface area contributed by atoms with E-state index in [1.807, 2.05) is 0 Å². The van der Waals surface area contributed by atoms with Crippen LogP contribution in [0.1, 0.15) is 11.7 Å². The van der Waals surface area contributed by atoms with Crippen LogP contribution in [0.2, 0.25) is 10.0 Å². The Labute approximate surface area is 91.4 Å². The second-order valence-corrected chi connectivity index (χ2v) is 4.07. The van der Waals surface area contributed by atoms with Gasteiger partial charge in [0.25, 0.3) is 0 Å². The highest BCUT2D eigenvalue weighted by atomic mass is 35.5. The summed E-state index contributed by atoms with van der Waals surface area (Å²) in [6, 6.07) is 2.76. The normalized spacial score (nSPS) is 25.4. The first-order valence-electron chi connectivity index (χ1n) is 4.15. The van der Waals surface area contributed by atoms with Crippen molar-refractivity contribution in [3.63, 3.8) is 0 Å². The Balaban J connectivity index is 2.54. The first-order chi connectivity index (χ1) is 6.59. The molecule has 1 aliphatic heterocycles. The molecular weight excluding hydrogens is 225 g/mol. The van der Waals surface area contributed by atoms with Crippen molar-refractivity contribution < 1.29 is 9.84 Å². The van der Waals surface area contributed by atoms with Crippen LogP contribution in [0, 0.1) is 0 Å². The summed E-state index contributed by atoms with van der Waals surface area (Å²) in [5.41, 5.74) is 6.19. The number of rotatable bonds is 0. The Kier molecular flexibility index (Phi) is 2.58. The molecule has 2 rings (SSSR count). The monoisotopic (exact) mass is 233 g/mol. The van der Waals surface area contributed by atoms with Crippen LogP contribution in [-0.4, -0.2) is 17.8 Å². The number of hydrogen-bond donors (Lipinski definition) is 2. The fourth-order valence-electron chi connectivity index (χ4n) is 1.45. The Bertz CT molecular complexity index is 370. The van der Waals surface area contributed by atoms with Gasteiger partial charge in [-0.05, 0) is 12.1 Å². The number of nitrogens with two attached hydrogens (primary N) is 1. The van der Waals surface area contributed by atoms with Gasteiger partial charge in [-0.25, -0.2) is 0 Å². The van der Waals surface area contributed by atoms with Gasteiger partial charge in [-0.15, -0.1) is 0 Å². The molecule has 1 aromatic carbocycles. The second kappa shape index (κ2) is 3.59. The Morgan fingerprint density at radius 2 is 2.14 bits per heavy atom. The topological polar surface area (TPSA) is 55.5 Å². The van der Waals surface area contributed by atoms with Crippen LogP contribution >= 0.6 is 23.2 Å². The van der Waals surface area contributed by atoms with Gasteiger partial charge >= 0.3 is 0 Å². The number of halogens is 2. The van der Waals surface area contributed by atoms with E-state index in [0.29, 0.717) is 21.4 Å². The number of benzene rings is 1. The number of ether oxygens (including phenoxy) is 1. The van der Waals surface area contributed by atoms with Crippen LogP contribution in [0.15, 0.2) is 12.1 Å². The van der Waals surface area contributed by atoms with Crippen LogP contribution < -0.4 is 10.5 Å². The van der Waals surface area contributed by atoms with Crippen molar-refractivity contribution in [2.75, 3.05) is 6.61 Å². The van der Waals surface area contributed by atoms with E-state index in [1.165, 1.54) is 0 Å². The lowest BCUT2D eigenvalue weighted by Crippen LogP contribution is -2.38. The molecule has 1 aliphatic rings. The first-order valence-corrected chi connectivity index (χ1v) is 4.90. The van der Waals surface area contributed by atoms with Crippen molar-refractivity contribution in [1.29, 1.82) is 0 Å². The fraction of sp³-hybridized carbons (Fsp3) is 0.333. The molecule has 0 spiro atoms. The van der Waals surface area contributed by atoms with Gasteiger partial charge in [0, 0.05) is 10.6 Å². The van der Waals surface area contributed by atoms with Crippen LogP contribution in [0.5, 0.6) is 5.75 Å². The Hall–Kier alpha value is -0.480. The molecule has 2 atom stereocenters. The summed E-state index contributed by atoms with van der Waals surface area (Å²) in [7, 11) is 0. The predicted molar refractivity (Wildman–Crippen MR) is 54.9 cm³/mol. The van der Waals surface area contributed by atoms with Gasteiger partial charge in [0.2, 0.25) is 0 Å². The molecule has 0 amide bonds. The average molecular weight is 234 g/mol. The van der Waals surface area contributed by atoms with Crippen LogP contribution in [0.25, 0.3) is 0 Å². The van der Waals surface area contributed by atoms with Crippen molar-refractivity contribution in [3.05, 3.63) is 27.7 Å². The molecule has 0 fully saturated rings. The third-order valence-corrected chi connectivity index (χ3v) is 2.68. The number of aliphatic hydroxyl groups excluding tert-OH is 1. The summed E-state index contributed by atoms with van der Waals surface area (Å²) in [6.07, 6.45) is -0.769. The molecule has 14 heavy (non-hydrogen) atoms. The number of aliphatic hydroxyl groups is 1. The largest absolute Gasteiger partial charge is 0.490 e. The third-order valence-electron chi connectivity index (χ3n) is 2.18. The van der Waals surface area contributed by atoms with Crippen LogP contribution in [0.4, 0.5) is 0 Å². The van der Waals surface area contributed by atoms with Gasteiger partial charge in [0.05, 0.1) is 11.1 Å². The zero-order valence-corrected chi connectivity index (χ0v) is 8.72. The summed E-state index contributed by atoms with van der Waals surface area (Å²) in [6.45, 7) is 0.259. The number of hydrogen-bond acceptors (Lipinski definition) is 3. The summed E-state index contributed by atoms with van der Waals surface area (Å²) in [5, 5.41) is 10.6. The maximum atomic E-state index is 9.76. The standard InChI is InChI=1S/C9H9Cl2NO2/c10-4-1-5-8(13)7(12)3-14-9(5)6(11)2-4/h1-2,7-8,13H,3,12H2/t7-,8-/m1/s1. The summed E-state index contributed by atoms with van der Waals surface area (Å²) < 4.78 is 5.32. The third kappa shape index (κ3) is 1.57. The molecule has 3 N–H and O–H groups in total. The van der Waals surface area contributed by atoms with E-state index in [4.69, 9.17) is 33.7 Å². The molecule has 3 nitrogen and oxygen atoms in total. The maximum absolute atomic E-state index is 9.76. The van der Waals surface area contributed by atoms with E-state index in [-0.39, 0.29) is 6.61 Å². The highest BCUT2D eigenvalue weighted by molar-refractivity contribution is 6.35. The summed E-state index contributed by atoms with van der Waals surface area (Å²) in [5.74, 6) is 0.477. The summed E-state index contributed by atoms with van der Waals surface area (Å²) >= 11 is 11.7. The Morgan fingerprint density at radius 1 is 1.43 bits per heavy atom. The first kappa shape index (κ1) is 10.1. The zero-order chi connectivity index (χ0) is 10.3. The minimum Gasteiger partial charge on any atom is -0.490 e. The van der Waals surface area contributed by atoms with E-state index in [2.05, 4.69) is 0 Å². The molecule has 0 saturated carbocycles. The highest BCUT2D eigenvalue weighted by Gasteiger charge is 2.28. The second-order valence-electron chi connectivity index (χ2n) is 3.23. The van der Waals surface area contributed by atoms with Crippen molar-refractivity contribution in [2.45, 2.75) is 12.1 Å².